The maximum atomic E-state index is 14.0. The van der Waals surface area contributed by atoms with Gasteiger partial charge in [0.15, 0.2) is 0 Å². The normalized spacial score (nSPS) is 17.1. The lowest BCUT2D eigenvalue weighted by molar-refractivity contribution is 0.0757. The average molecular weight is 299 g/mol. The van der Waals surface area contributed by atoms with Gasteiger partial charge in [0.25, 0.3) is 5.91 Å². The zero-order valence-corrected chi connectivity index (χ0v) is 12.5. The Morgan fingerprint density at radius 3 is 2.85 bits per heavy atom. The molecule has 3 nitrogen and oxygen atoms in total. The highest BCUT2D eigenvalue weighted by atomic mass is 35.5. The van der Waals surface area contributed by atoms with Crippen LogP contribution in [0.4, 0.5) is 4.39 Å². The van der Waals surface area contributed by atoms with E-state index in [0.717, 1.165) is 26.1 Å². The van der Waals surface area contributed by atoms with Gasteiger partial charge in [-0.05, 0) is 31.5 Å². The Labute approximate surface area is 124 Å². The second kappa shape index (κ2) is 7.04. The summed E-state index contributed by atoms with van der Waals surface area (Å²) in [5.41, 5.74) is 0.685. The highest BCUT2D eigenvalue weighted by Crippen LogP contribution is 2.15. The van der Waals surface area contributed by atoms with Crippen LogP contribution in [0.5, 0.6) is 0 Å². The van der Waals surface area contributed by atoms with E-state index < -0.39 is 5.82 Å². The molecule has 1 heterocycles. The molecule has 0 N–H and O–H groups in total. The van der Waals surface area contributed by atoms with E-state index in [-0.39, 0.29) is 11.5 Å². The molecule has 20 heavy (non-hydrogen) atoms. The van der Waals surface area contributed by atoms with Crippen molar-refractivity contribution in [3.05, 3.63) is 35.1 Å². The first-order chi connectivity index (χ1) is 9.63. The van der Waals surface area contributed by atoms with Crippen LogP contribution in [-0.2, 0) is 0 Å². The maximum absolute atomic E-state index is 14.0. The van der Waals surface area contributed by atoms with Crippen LogP contribution in [0.1, 0.15) is 22.3 Å². The smallest absolute Gasteiger partial charge is 0.256 e. The van der Waals surface area contributed by atoms with Gasteiger partial charge in [0.05, 0.1) is 5.56 Å². The van der Waals surface area contributed by atoms with Crippen LogP contribution >= 0.6 is 11.6 Å². The number of nitrogens with zero attached hydrogens (tertiary/aromatic N) is 2. The number of benzene rings is 1. The molecule has 1 saturated heterocycles. The molecule has 0 unspecified atom stereocenters. The molecule has 1 aliphatic heterocycles. The Balaban J connectivity index is 2.07. The first-order valence-corrected chi connectivity index (χ1v) is 7.49. The predicted molar refractivity (Wildman–Crippen MR) is 78.8 cm³/mol. The second-order valence-electron chi connectivity index (χ2n) is 5.11. The fourth-order valence-corrected chi connectivity index (χ4v) is 2.74. The van der Waals surface area contributed by atoms with E-state index in [1.165, 1.54) is 0 Å². The van der Waals surface area contributed by atoms with Crippen molar-refractivity contribution in [1.82, 2.24) is 9.80 Å². The molecule has 0 bridgehead atoms. The third-order valence-electron chi connectivity index (χ3n) is 3.70. The number of carbonyl (C=O) groups is 1. The van der Waals surface area contributed by atoms with E-state index in [0.29, 0.717) is 24.5 Å². The first kappa shape index (κ1) is 15.3. The number of hydrogen-bond acceptors (Lipinski definition) is 2. The van der Waals surface area contributed by atoms with Gasteiger partial charge in [-0.15, -0.1) is 11.6 Å². The molecular formula is C15H20ClFN2O. The zero-order valence-electron chi connectivity index (χ0n) is 11.7. The fraction of sp³-hybridized carbons (Fsp3) is 0.533. The van der Waals surface area contributed by atoms with Crippen LogP contribution in [-0.4, -0.2) is 54.3 Å². The van der Waals surface area contributed by atoms with Crippen molar-refractivity contribution in [3.63, 3.8) is 0 Å². The number of halogens is 2. The Hall–Kier alpha value is -1.13. The standard InChI is InChI=1S/C15H20ClFN2O/c1-12-4-2-5-13(14(12)17)15(20)19-8-3-7-18(9-6-16)10-11-19/h2,4-5H,3,6-11H2,1H3. The minimum atomic E-state index is -0.403. The Bertz CT molecular complexity index is 481. The monoisotopic (exact) mass is 298 g/mol. The first-order valence-electron chi connectivity index (χ1n) is 6.96. The minimum Gasteiger partial charge on any atom is -0.337 e. The van der Waals surface area contributed by atoms with E-state index in [1.54, 1.807) is 30.0 Å². The lowest BCUT2D eigenvalue weighted by Gasteiger charge is -2.22. The van der Waals surface area contributed by atoms with E-state index in [1.807, 2.05) is 0 Å². The van der Waals surface area contributed by atoms with Crippen LogP contribution in [0, 0.1) is 12.7 Å². The molecule has 5 heteroatoms. The largest absolute Gasteiger partial charge is 0.337 e. The summed E-state index contributed by atoms with van der Waals surface area (Å²) in [4.78, 5) is 16.4. The number of hydrogen-bond donors (Lipinski definition) is 0. The van der Waals surface area contributed by atoms with E-state index in [2.05, 4.69) is 4.90 Å². The van der Waals surface area contributed by atoms with Crippen LogP contribution in [0.15, 0.2) is 18.2 Å². The van der Waals surface area contributed by atoms with Gasteiger partial charge >= 0.3 is 0 Å². The van der Waals surface area contributed by atoms with Gasteiger partial charge in [-0.2, -0.15) is 0 Å². The van der Waals surface area contributed by atoms with Crippen LogP contribution in [0.3, 0.4) is 0 Å². The van der Waals surface area contributed by atoms with Crippen molar-refractivity contribution in [2.45, 2.75) is 13.3 Å². The number of amides is 1. The third kappa shape index (κ3) is 3.49. The summed E-state index contributed by atoms with van der Waals surface area (Å²) in [6, 6.07) is 4.96. The average Bonchev–Trinajstić information content (AvgIpc) is 2.67. The lowest BCUT2D eigenvalue weighted by atomic mass is 10.1. The van der Waals surface area contributed by atoms with Gasteiger partial charge < -0.3 is 9.80 Å². The molecule has 1 fully saturated rings. The van der Waals surface area contributed by atoms with Gasteiger partial charge in [-0.1, -0.05) is 12.1 Å². The van der Waals surface area contributed by atoms with E-state index in [9.17, 15) is 9.18 Å². The molecular weight excluding hydrogens is 279 g/mol. The number of carbonyl (C=O) groups excluding carboxylic acids is 1. The molecule has 110 valence electrons. The topological polar surface area (TPSA) is 23.6 Å². The molecule has 0 saturated carbocycles. The minimum absolute atomic E-state index is 0.177. The summed E-state index contributed by atoms with van der Waals surface area (Å²) in [7, 11) is 0. The summed E-state index contributed by atoms with van der Waals surface area (Å²) >= 11 is 5.75. The van der Waals surface area contributed by atoms with Gasteiger partial charge in [0.2, 0.25) is 0 Å². The summed E-state index contributed by atoms with van der Waals surface area (Å²) in [5.74, 6) is -0.0150. The quantitative estimate of drug-likeness (QED) is 0.801. The lowest BCUT2D eigenvalue weighted by Crippen LogP contribution is -2.36. The molecule has 0 atom stereocenters. The Morgan fingerprint density at radius 1 is 1.30 bits per heavy atom. The van der Waals surface area contributed by atoms with Crippen molar-refractivity contribution >= 4 is 17.5 Å². The van der Waals surface area contributed by atoms with Gasteiger partial charge in [-0.3, -0.25) is 4.79 Å². The highest BCUT2D eigenvalue weighted by Gasteiger charge is 2.22. The molecule has 0 spiro atoms. The van der Waals surface area contributed by atoms with E-state index in [4.69, 9.17) is 11.6 Å². The van der Waals surface area contributed by atoms with Gasteiger partial charge in [-0.25, -0.2) is 4.39 Å². The summed E-state index contributed by atoms with van der Waals surface area (Å²) in [5, 5.41) is 0. The molecule has 0 radical (unpaired) electrons. The number of alkyl halides is 1. The van der Waals surface area contributed by atoms with Crippen LogP contribution in [0.2, 0.25) is 0 Å². The molecule has 1 aromatic carbocycles. The molecule has 1 amide bonds. The number of aryl methyl sites for hydroxylation is 1. The van der Waals surface area contributed by atoms with Crippen molar-refractivity contribution in [2.75, 3.05) is 38.6 Å². The molecule has 2 rings (SSSR count). The predicted octanol–water partition coefficient (Wildman–Crippen LogP) is 2.52. The highest BCUT2D eigenvalue weighted by molar-refractivity contribution is 6.18. The van der Waals surface area contributed by atoms with Crippen molar-refractivity contribution in [3.8, 4) is 0 Å². The molecule has 1 aromatic rings. The van der Waals surface area contributed by atoms with Gasteiger partial charge in [0, 0.05) is 32.1 Å². The van der Waals surface area contributed by atoms with E-state index >= 15 is 0 Å². The summed E-state index contributed by atoms with van der Waals surface area (Å²) < 4.78 is 14.0. The SMILES string of the molecule is Cc1cccc(C(=O)N2CCCN(CCCl)CC2)c1F. The third-order valence-corrected chi connectivity index (χ3v) is 3.87. The summed E-state index contributed by atoms with van der Waals surface area (Å²) in [6.07, 6.45) is 0.899. The molecule has 1 aliphatic rings. The second-order valence-corrected chi connectivity index (χ2v) is 5.49. The Kier molecular flexibility index (Phi) is 5.38. The molecule has 0 aromatic heterocycles. The van der Waals surface area contributed by atoms with Crippen LogP contribution < -0.4 is 0 Å². The maximum Gasteiger partial charge on any atom is 0.256 e. The van der Waals surface area contributed by atoms with Gasteiger partial charge in [0.1, 0.15) is 5.82 Å². The van der Waals surface area contributed by atoms with Crippen LogP contribution in [0.25, 0.3) is 0 Å². The number of rotatable bonds is 3. The van der Waals surface area contributed by atoms with Crippen molar-refractivity contribution in [1.29, 1.82) is 0 Å². The van der Waals surface area contributed by atoms with Crippen molar-refractivity contribution < 1.29 is 9.18 Å². The zero-order chi connectivity index (χ0) is 14.5. The van der Waals surface area contributed by atoms with Crippen molar-refractivity contribution in [2.24, 2.45) is 0 Å². The molecule has 0 aliphatic carbocycles. The summed E-state index contributed by atoms with van der Waals surface area (Å²) in [6.45, 7) is 5.55. The fourth-order valence-electron chi connectivity index (χ4n) is 2.50. The Morgan fingerprint density at radius 2 is 2.10 bits per heavy atom.